The van der Waals surface area contributed by atoms with Gasteiger partial charge in [0.25, 0.3) is 5.91 Å². The third-order valence-electron chi connectivity index (χ3n) is 5.60. The standard InChI is InChI=1S/C22H23BrN2O5/c1-29-18-8-9-19-14(11-18)3-2-10-22(19)20(27)25(21(28)24-22)12-16(26)13-30-17-6-4-15(23)5-7-17/h4-9,11,16,26H,2-3,10,12-13H2,1H3,(H,24,28). The van der Waals surface area contributed by atoms with Crippen LogP contribution in [-0.4, -0.2) is 48.3 Å². The number of amides is 3. The lowest BCUT2D eigenvalue weighted by atomic mass is 9.76. The monoisotopic (exact) mass is 474 g/mol. The van der Waals surface area contributed by atoms with Crippen LogP contribution in [0.25, 0.3) is 0 Å². The maximum atomic E-state index is 13.3. The van der Waals surface area contributed by atoms with Gasteiger partial charge in [0.05, 0.1) is 13.7 Å². The number of benzene rings is 2. The van der Waals surface area contributed by atoms with Gasteiger partial charge in [0.15, 0.2) is 0 Å². The van der Waals surface area contributed by atoms with Gasteiger partial charge < -0.3 is 19.9 Å². The van der Waals surface area contributed by atoms with Gasteiger partial charge >= 0.3 is 6.03 Å². The number of rotatable bonds is 6. The second-order valence-electron chi connectivity index (χ2n) is 7.55. The highest BCUT2D eigenvalue weighted by Crippen LogP contribution is 2.41. The summed E-state index contributed by atoms with van der Waals surface area (Å²) in [6, 6.07) is 12.3. The number of ether oxygens (including phenoxy) is 2. The van der Waals surface area contributed by atoms with Crippen molar-refractivity contribution in [1.82, 2.24) is 10.2 Å². The first-order valence-corrected chi connectivity index (χ1v) is 10.6. The average molecular weight is 475 g/mol. The van der Waals surface area contributed by atoms with Crippen LogP contribution >= 0.6 is 15.9 Å². The molecule has 2 unspecified atom stereocenters. The number of nitrogens with one attached hydrogen (secondary N) is 1. The molecule has 1 heterocycles. The number of urea groups is 1. The molecular weight excluding hydrogens is 452 g/mol. The number of fused-ring (bicyclic) bond motifs is 2. The summed E-state index contributed by atoms with van der Waals surface area (Å²) in [6.07, 6.45) is 1.12. The van der Waals surface area contributed by atoms with Crippen LogP contribution in [0, 0.1) is 0 Å². The smallest absolute Gasteiger partial charge is 0.325 e. The quantitative estimate of drug-likeness (QED) is 0.628. The fourth-order valence-corrected chi connectivity index (χ4v) is 4.39. The van der Waals surface area contributed by atoms with Crippen molar-refractivity contribution >= 4 is 27.9 Å². The SMILES string of the molecule is COc1ccc2c(c1)CCCC21NC(=O)N(CC(O)COc2ccc(Br)cc2)C1=O. The second kappa shape index (κ2) is 8.28. The Morgan fingerprint density at radius 2 is 1.93 bits per heavy atom. The molecule has 2 N–H and O–H groups in total. The molecule has 0 bridgehead atoms. The Morgan fingerprint density at radius 1 is 1.20 bits per heavy atom. The van der Waals surface area contributed by atoms with E-state index in [0.29, 0.717) is 12.2 Å². The van der Waals surface area contributed by atoms with Gasteiger partial charge in [0.2, 0.25) is 0 Å². The summed E-state index contributed by atoms with van der Waals surface area (Å²) in [6.45, 7) is -0.159. The molecule has 3 amide bonds. The van der Waals surface area contributed by atoms with Crippen molar-refractivity contribution in [3.8, 4) is 11.5 Å². The molecule has 7 nitrogen and oxygen atoms in total. The molecule has 158 valence electrons. The minimum Gasteiger partial charge on any atom is -0.497 e. The predicted molar refractivity (Wildman–Crippen MR) is 113 cm³/mol. The number of methoxy groups -OCH3 is 1. The van der Waals surface area contributed by atoms with E-state index < -0.39 is 17.7 Å². The Kier molecular flexibility index (Phi) is 5.71. The number of hydrogen-bond donors (Lipinski definition) is 2. The molecule has 1 aliphatic heterocycles. The first-order chi connectivity index (χ1) is 14.4. The van der Waals surface area contributed by atoms with E-state index in [2.05, 4.69) is 21.2 Å². The van der Waals surface area contributed by atoms with Crippen LogP contribution in [0.5, 0.6) is 11.5 Å². The summed E-state index contributed by atoms with van der Waals surface area (Å²) >= 11 is 3.35. The van der Waals surface area contributed by atoms with Crippen LogP contribution < -0.4 is 14.8 Å². The Balaban J connectivity index is 1.47. The van der Waals surface area contributed by atoms with Crippen molar-refractivity contribution in [2.75, 3.05) is 20.3 Å². The van der Waals surface area contributed by atoms with Crippen LogP contribution in [0.2, 0.25) is 0 Å². The van der Waals surface area contributed by atoms with Crippen LogP contribution in [-0.2, 0) is 16.8 Å². The van der Waals surface area contributed by atoms with Gasteiger partial charge in [-0.05, 0) is 66.8 Å². The van der Waals surface area contributed by atoms with Gasteiger partial charge in [0, 0.05) is 4.47 Å². The molecular formula is C22H23BrN2O5. The van der Waals surface area contributed by atoms with Crippen molar-refractivity contribution in [3.63, 3.8) is 0 Å². The zero-order valence-electron chi connectivity index (χ0n) is 16.6. The molecule has 0 aromatic heterocycles. The van der Waals surface area contributed by atoms with E-state index in [0.717, 1.165) is 39.1 Å². The van der Waals surface area contributed by atoms with E-state index in [1.165, 1.54) is 0 Å². The van der Waals surface area contributed by atoms with E-state index in [1.54, 1.807) is 25.3 Å². The molecule has 2 atom stereocenters. The summed E-state index contributed by atoms with van der Waals surface area (Å²) in [4.78, 5) is 27.1. The lowest BCUT2D eigenvalue weighted by molar-refractivity contribution is -0.133. The molecule has 8 heteroatoms. The number of β-amino-alcohol motifs (C(OH)–C–C–N with tert-alkyl or cyclic N) is 1. The third-order valence-corrected chi connectivity index (χ3v) is 6.12. The Hall–Kier alpha value is -2.58. The molecule has 1 spiro atoms. The minimum atomic E-state index is -1.08. The molecule has 2 aromatic rings. The number of hydrogen-bond acceptors (Lipinski definition) is 5. The van der Waals surface area contributed by atoms with Crippen molar-refractivity contribution in [2.24, 2.45) is 0 Å². The molecule has 4 rings (SSSR count). The molecule has 0 saturated carbocycles. The molecule has 1 aliphatic carbocycles. The number of carbonyl (C=O) groups excluding carboxylic acids is 2. The fraction of sp³-hybridized carbons (Fsp3) is 0.364. The number of aliphatic hydroxyl groups is 1. The number of nitrogens with zero attached hydrogens (tertiary/aromatic N) is 1. The number of imide groups is 1. The summed E-state index contributed by atoms with van der Waals surface area (Å²) in [5.41, 5.74) is 0.717. The van der Waals surface area contributed by atoms with Crippen molar-refractivity contribution < 1.29 is 24.2 Å². The van der Waals surface area contributed by atoms with Crippen LogP contribution in [0.1, 0.15) is 24.0 Å². The number of halogens is 1. The van der Waals surface area contributed by atoms with Gasteiger partial charge in [-0.2, -0.15) is 0 Å². The number of carbonyl (C=O) groups is 2. The van der Waals surface area contributed by atoms with Crippen LogP contribution in [0.4, 0.5) is 4.79 Å². The lowest BCUT2D eigenvalue weighted by Gasteiger charge is -2.33. The van der Waals surface area contributed by atoms with Gasteiger partial charge in [-0.3, -0.25) is 9.69 Å². The van der Waals surface area contributed by atoms with Gasteiger partial charge in [-0.15, -0.1) is 0 Å². The fourth-order valence-electron chi connectivity index (χ4n) is 4.13. The van der Waals surface area contributed by atoms with Gasteiger partial charge in [-0.25, -0.2) is 4.79 Å². The lowest BCUT2D eigenvalue weighted by Crippen LogP contribution is -2.47. The highest BCUT2D eigenvalue weighted by molar-refractivity contribution is 9.10. The molecule has 2 aromatic carbocycles. The van der Waals surface area contributed by atoms with Crippen molar-refractivity contribution in [1.29, 1.82) is 0 Å². The highest BCUT2D eigenvalue weighted by atomic mass is 79.9. The van der Waals surface area contributed by atoms with Crippen molar-refractivity contribution in [3.05, 3.63) is 58.1 Å². The van der Waals surface area contributed by atoms with E-state index >= 15 is 0 Å². The van der Waals surface area contributed by atoms with E-state index in [9.17, 15) is 14.7 Å². The average Bonchev–Trinajstić information content (AvgIpc) is 2.98. The summed E-state index contributed by atoms with van der Waals surface area (Å²) in [7, 11) is 1.60. The van der Waals surface area contributed by atoms with E-state index in [4.69, 9.17) is 9.47 Å². The summed E-state index contributed by atoms with van der Waals surface area (Å²) < 4.78 is 11.8. The molecule has 1 saturated heterocycles. The normalized spacial score (nSPS) is 21.4. The molecule has 0 radical (unpaired) electrons. The molecule has 2 aliphatic rings. The Morgan fingerprint density at radius 3 is 2.67 bits per heavy atom. The maximum absolute atomic E-state index is 13.3. The second-order valence-corrected chi connectivity index (χ2v) is 8.46. The maximum Gasteiger partial charge on any atom is 0.325 e. The highest BCUT2D eigenvalue weighted by Gasteiger charge is 2.54. The van der Waals surface area contributed by atoms with Crippen LogP contribution in [0.3, 0.4) is 0 Å². The zero-order valence-corrected chi connectivity index (χ0v) is 18.1. The summed E-state index contributed by atoms with van der Waals surface area (Å²) in [5.74, 6) is 0.988. The van der Waals surface area contributed by atoms with E-state index in [-0.39, 0.29) is 19.1 Å². The summed E-state index contributed by atoms with van der Waals surface area (Å²) in [5, 5.41) is 13.3. The number of aryl methyl sites for hydroxylation is 1. The Bertz CT molecular complexity index is 965. The topological polar surface area (TPSA) is 88.1 Å². The largest absolute Gasteiger partial charge is 0.497 e. The van der Waals surface area contributed by atoms with Gasteiger partial charge in [0.1, 0.15) is 29.7 Å². The molecule has 1 fully saturated rings. The van der Waals surface area contributed by atoms with E-state index in [1.807, 2.05) is 24.3 Å². The minimum absolute atomic E-state index is 0.0283. The van der Waals surface area contributed by atoms with Crippen LogP contribution in [0.15, 0.2) is 46.9 Å². The van der Waals surface area contributed by atoms with Crippen molar-refractivity contribution in [2.45, 2.75) is 30.9 Å². The van der Waals surface area contributed by atoms with Gasteiger partial charge in [-0.1, -0.05) is 22.0 Å². The third kappa shape index (κ3) is 3.77. The predicted octanol–water partition coefficient (Wildman–Crippen LogP) is 2.98. The Labute approximate surface area is 183 Å². The molecule has 30 heavy (non-hydrogen) atoms. The number of aliphatic hydroxyl groups excluding tert-OH is 1. The first kappa shape index (κ1) is 20.7. The zero-order chi connectivity index (χ0) is 21.3. The first-order valence-electron chi connectivity index (χ1n) is 9.81.